The van der Waals surface area contributed by atoms with Crippen molar-refractivity contribution in [2.45, 2.75) is 25.9 Å². The van der Waals surface area contributed by atoms with Gasteiger partial charge in [-0.2, -0.15) is 0 Å². The maximum absolute atomic E-state index is 12.6. The van der Waals surface area contributed by atoms with Crippen molar-refractivity contribution in [2.75, 3.05) is 11.1 Å². The fourth-order valence-electron chi connectivity index (χ4n) is 3.22. The smallest absolute Gasteiger partial charge is 0.234 e. The molecule has 1 amide bonds. The number of halogens is 1. The Hall–Kier alpha value is -3.09. The van der Waals surface area contributed by atoms with Crippen LogP contribution in [0, 0.1) is 20.8 Å². The van der Waals surface area contributed by atoms with E-state index in [0.29, 0.717) is 16.0 Å². The summed E-state index contributed by atoms with van der Waals surface area (Å²) in [5.74, 6) is 0.831. The molecule has 3 aromatic carbocycles. The molecule has 1 heterocycles. The first-order valence-electron chi connectivity index (χ1n) is 10.2. The normalized spacial score (nSPS) is 10.9. The average molecular weight is 463 g/mol. The van der Waals surface area contributed by atoms with Gasteiger partial charge in [-0.3, -0.25) is 9.36 Å². The van der Waals surface area contributed by atoms with Gasteiger partial charge >= 0.3 is 0 Å². The molecule has 0 radical (unpaired) electrons. The minimum Gasteiger partial charge on any atom is -0.325 e. The molecule has 0 saturated carbocycles. The van der Waals surface area contributed by atoms with Gasteiger partial charge in [-0.1, -0.05) is 59.3 Å². The predicted octanol–water partition coefficient (Wildman–Crippen LogP) is 6.24. The molecule has 1 N–H and O–H groups in total. The number of nitrogens with zero attached hydrogens (tertiary/aromatic N) is 3. The quantitative estimate of drug-likeness (QED) is 0.344. The number of hydrogen-bond donors (Lipinski definition) is 1. The van der Waals surface area contributed by atoms with E-state index < -0.39 is 0 Å². The van der Waals surface area contributed by atoms with Gasteiger partial charge in [0.25, 0.3) is 0 Å². The molecular weight excluding hydrogens is 440 g/mol. The van der Waals surface area contributed by atoms with Gasteiger partial charge in [0.05, 0.1) is 5.75 Å². The molecule has 7 heteroatoms. The molecule has 0 spiro atoms. The summed E-state index contributed by atoms with van der Waals surface area (Å²) < 4.78 is 1.95. The second-order valence-corrected chi connectivity index (χ2v) is 9.00. The molecular formula is C25H23ClN4OS. The van der Waals surface area contributed by atoms with Crippen molar-refractivity contribution in [3.8, 4) is 17.1 Å². The Bertz CT molecular complexity index is 1250. The standard InChI is InChI=1S/C25H23ClN4OS/c1-16-4-7-19(8-5-16)24-28-29-25(30(24)22-12-9-20(26)10-13-22)32-15-23(31)27-21-11-6-17(2)18(3)14-21/h4-14H,15H2,1-3H3,(H,27,31). The van der Waals surface area contributed by atoms with Crippen LogP contribution in [0.25, 0.3) is 17.1 Å². The van der Waals surface area contributed by atoms with Gasteiger partial charge < -0.3 is 5.32 Å². The highest BCUT2D eigenvalue weighted by Gasteiger charge is 2.17. The third-order valence-electron chi connectivity index (χ3n) is 5.15. The second-order valence-electron chi connectivity index (χ2n) is 7.62. The topological polar surface area (TPSA) is 59.8 Å². The number of benzene rings is 3. The number of rotatable bonds is 6. The predicted molar refractivity (Wildman–Crippen MR) is 132 cm³/mol. The number of aryl methyl sites for hydroxylation is 3. The van der Waals surface area contributed by atoms with Gasteiger partial charge in [0.1, 0.15) is 0 Å². The fourth-order valence-corrected chi connectivity index (χ4v) is 4.10. The molecule has 0 aliphatic carbocycles. The lowest BCUT2D eigenvalue weighted by Gasteiger charge is -2.11. The zero-order valence-electron chi connectivity index (χ0n) is 18.1. The number of carbonyl (C=O) groups is 1. The Labute approximate surface area is 196 Å². The Morgan fingerprint density at radius 2 is 1.66 bits per heavy atom. The zero-order chi connectivity index (χ0) is 22.7. The minimum atomic E-state index is -0.0965. The molecule has 162 valence electrons. The van der Waals surface area contributed by atoms with Gasteiger partial charge in [-0.15, -0.1) is 10.2 Å². The van der Waals surface area contributed by atoms with Crippen LogP contribution >= 0.6 is 23.4 Å². The van der Waals surface area contributed by atoms with Crippen molar-refractivity contribution < 1.29 is 4.79 Å². The lowest BCUT2D eigenvalue weighted by molar-refractivity contribution is -0.113. The Morgan fingerprint density at radius 3 is 2.34 bits per heavy atom. The molecule has 4 rings (SSSR count). The Balaban J connectivity index is 1.59. The van der Waals surface area contributed by atoms with Crippen molar-refractivity contribution in [1.29, 1.82) is 0 Å². The first kappa shape index (κ1) is 22.1. The van der Waals surface area contributed by atoms with Crippen LogP contribution in [0.5, 0.6) is 0 Å². The third-order valence-corrected chi connectivity index (χ3v) is 6.33. The van der Waals surface area contributed by atoms with Crippen molar-refractivity contribution in [3.05, 3.63) is 88.4 Å². The van der Waals surface area contributed by atoms with E-state index >= 15 is 0 Å². The Kier molecular flexibility index (Phi) is 6.63. The monoisotopic (exact) mass is 462 g/mol. The number of thioether (sulfide) groups is 1. The maximum atomic E-state index is 12.6. The van der Waals surface area contributed by atoms with E-state index in [1.807, 2.05) is 92.1 Å². The number of aromatic nitrogens is 3. The molecule has 5 nitrogen and oxygen atoms in total. The van der Waals surface area contributed by atoms with E-state index in [2.05, 4.69) is 15.5 Å². The molecule has 0 fully saturated rings. The van der Waals surface area contributed by atoms with Crippen molar-refractivity contribution in [3.63, 3.8) is 0 Å². The van der Waals surface area contributed by atoms with E-state index in [4.69, 9.17) is 11.6 Å². The minimum absolute atomic E-state index is 0.0965. The summed E-state index contributed by atoms with van der Waals surface area (Å²) in [6.07, 6.45) is 0. The van der Waals surface area contributed by atoms with Crippen LogP contribution in [0.3, 0.4) is 0 Å². The number of hydrogen-bond acceptors (Lipinski definition) is 4. The van der Waals surface area contributed by atoms with Crippen LogP contribution in [0.15, 0.2) is 71.9 Å². The van der Waals surface area contributed by atoms with Crippen LogP contribution in [0.4, 0.5) is 5.69 Å². The molecule has 32 heavy (non-hydrogen) atoms. The van der Waals surface area contributed by atoms with E-state index in [9.17, 15) is 4.79 Å². The van der Waals surface area contributed by atoms with Gasteiger partial charge in [-0.05, 0) is 68.3 Å². The SMILES string of the molecule is Cc1ccc(-c2nnc(SCC(=O)Nc3ccc(C)c(C)c3)n2-c2ccc(Cl)cc2)cc1. The second kappa shape index (κ2) is 9.59. The lowest BCUT2D eigenvalue weighted by Crippen LogP contribution is -2.14. The fraction of sp³-hybridized carbons (Fsp3) is 0.160. The number of nitrogens with one attached hydrogen (secondary N) is 1. The van der Waals surface area contributed by atoms with Crippen LogP contribution in [-0.2, 0) is 4.79 Å². The molecule has 4 aromatic rings. The zero-order valence-corrected chi connectivity index (χ0v) is 19.7. The van der Waals surface area contributed by atoms with E-state index in [-0.39, 0.29) is 11.7 Å². The molecule has 0 aliphatic rings. The van der Waals surface area contributed by atoms with Crippen LogP contribution in [-0.4, -0.2) is 26.4 Å². The van der Waals surface area contributed by atoms with Crippen LogP contribution in [0.1, 0.15) is 16.7 Å². The molecule has 1 aromatic heterocycles. The maximum Gasteiger partial charge on any atom is 0.234 e. The summed E-state index contributed by atoms with van der Waals surface area (Å²) in [5, 5.41) is 13.1. The number of anilines is 1. The van der Waals surface area contributed by atoms with Gasteiger partial charge in [-0.25, -0.2) is 0 Å². The molecule has 0 unspecified atom stereocenters. The van der Waals surface area contributed by atoms with Crippen molar-refractivity contribution in [1.82, 2.24) is 14.8 Å². The first-order chi connectivity index (χ1) is 15.4. The van der Waals surface area contributed by atoms with E-state index in [0.717, 1.165) is 22.5 Å². The summed E-state index contributed by atoms with van der Waals surface area (Å²) in [7, 11) is 0. The Morgan fingerprint density at radius 1 is 0.938 bits per heavy atom. The first-order valence-corrected chi connectivity index (χ1v) is 11.6. The third kappa shape index (κ3) is 5.03. The number of carbonyl (C=O) groups excluding carboxylic acids is 1. The molecule has 0 saturated heterocycles. The van der Waals surface area contributed by atoms with E-state index in [1.54, 1.807) is 0 Å². The summed E-state index contributed by atoms with van der Waals surface area (Å²) in [5.41, 5.74) is 6.12. The average Bonchev–Trinajstić information content (AvgIpc) is 3.20. The lowest BCUT2D eigenvalue weighted by atomic mass is 10.1. The highest BCUT2D eigenvalue weighted by molar-refractivity contribution is 7.99. The summed E-state index contributed by atoms with van der Waals surface area (Å²) in [6.45, 7) is 6.12. The largest absolute Gasteiger partial charge is 0.325 e. The van der Waals surface area contributed by atoms with Crippen molar-refractivity contribution in [2.24, 2.45) is 0 Å². The van der Waals surface area contributed by atoms with Gasteiger partial charge in [0.15, 0.2) is 11.0 Å². The highest BCUT2D eigenvalue weighted by atomic mass is 35.5. The molecule has 0 bridgehead atoms. The molecule has 0 atom stereocenters. The van der Waals surface area contributed by atoms with Gasteiger partial charge in [0.2, 0.25) is 5.91 Å². The summed E-state index contributed by atoms with van der Waals surface area (Å²) in [4.78, 5) is 12.6. The van der Waals surface area contributed by atoms with Crippen LogP contribution in [0.2, 0.25) is 5.02 Å². The van der Waals surface area contributed by atoms with Gasteiger partial charge in [0, 0.05) is 22.0 Å². The summed E-state index contributed by atoms with van der Waals surface area (Å²) in [6, 6.07) is 21.5. The number of amides is 1. The molecule has 0 aliphatic heterocycles. The highest BCUT2D eigenvalue weighted by Crippen LogP contribution is 2.29. The van der Waals surface area contributed by atoms with E-state index in [1.165, 1.54) is 22.9 Å². The van der Waals surface area contributed by atoms with Crippen molar-refractivity contribution >= 4 is 35.0 Å². The van der Waals surface area contributed by atoms with Crippen LogP contribution < -0.4 is 5.32 Å². The summed E-state index contributed by atoms with van der Waals surface area (Å²) >= 11 is 7.43.